The van der Waals surface area contributed by atoms with E-state index in [1.807, 2.05) is 0 Å². The molecule has 0 saturated heterocycles. The van der Waals surface area contributed by atoms with Crippen molar-refractivity contribution in [3.63, 3.8) is 0 Å². The molecule has 9 heteroatoms. The molecule has 6 nitrogen and oxygen atoms in total. The van der Waals surface area contributed by atoms with E-state index >= 15 is 0 Å². The van der Waals surface area contributed by atoms with Gasteiger partial charge in [0.2, 0.25) is 5.88 Å². The molecular formula is C11H15F3N4O2. The maximum Gasteiger partial charge on any atom is 0.389 e. The molecule has 20 heavy (non-hydrogen) atoms. The standard InChI is InChI=1S/C11H15F3N4O2/c1-6-7(2)16-17-10(8(6)9(15)18-19)20-5-3-4-11(12,13)14/h19H,3-5H2,1-2H3,(H2,15,18). The predicted octanol–water partition coefficient (Wildman–Crippen LogP) is 1.91. The van der Waals surface area contributed by atoms with E-state index in [1.54, 1.807) is 13.8 Å². The summed E-state index contributed by atoms with van der Waals surface area (Å²) in [6.45, 7) is 3.15. The van der Waals surface area contributed by atoms with Gasteiger partial charge in [-0.1, -0.05) is 5.16 Å². The van der Waals surface area contributed by atoms with Crippen LogP contribution < -0.4 is 10.5 Å². The second-order valence-electron chi connectivity index (χ2n) is 4.14. The van der Waals surface area contributed by atoms with E-state index in [0.29, 0.717) is 11.3 Å². The Morgan fingerprint density at radius 1 is 1.35 bits per heavy atom. The number of rotatable bonds is 5. The Hall–Kier alpha value is -2.06. The first kappa shape index (κ1) is 16.0. The number of nitrogens with zero attached hydrogens (tertiary/aromatic N) is 3. The van der Waals surface area contributed by atoms with E-state index in [0.717, 1.165) is 0 Å². The first-order valence-electron chi connectivity index (χ1n) is 5.77. The lowest BCUT2D eigenvalue weighted by Gasteiger charge is -2.12. The molecular weight excluding hydrogens is 277 g/mol. The molecule has 3 N–H and O–H groups in total. The molecule has 1 heterocycles. The Kier molecular flexibility index (Phi) is 5.12. The third-order valence-corrected chi connectivity index (χ3v) is 2.63. The smallest absolute Gasteiger partial charge is 0.389 e. The molecule has 112 valence electrons. The highest BCUT2D eigenvalue weighted by Crippen LogP contribution is 2.23. The fourth-order valence-electron chi connectivity index (χ4n) is 1.48. The van der Waals surface area contributed by atoms with Gasteiger partial charge in [0.25, 0.3) is 0 Å². The van der Waals surface area contributed by atoms with Crippen LogP contribution in [0.3, 0.4) is 0 Å². The molecule has 0 saturated carbocycles. The fraction of sp³-hybridized carbons (Fsp3) is 0.545. The van der Waals surface area contributed by atoms with Gasteiger partial charge >= 0.3 is 6.18 Å². The molecule has 0 bridgehead atoms. The van der Waals surface area contributed by atoms with E-state index in [4.69, 9.17) is 15.7 Å². The van der Waals surface area contributed by atoms with Crippen molar-refractivity contribution in [1.29, 1.82) is 0 Å². The van der Waals surface area contributed by atoms with Crippen molar-refractivity contribution in [3.05, 3.63) is 16.8 Å². The number of hydrogen-bond acceptors (Lipinski definition) is 5. The van der Waals surface area contributed by atoms with Gasteiger partial charge in [0, 0.05) is 6.42 Å². The first-order chi connectivity index (χ1) is 9.26. The van der Waals surface area contributed by atoms with Crippen LogP contribution in [0.25, 0.3) is 0 Å². The minimum atomic E-state index is -4.23. The highest BCUT2D eigenvalue weighted by atomic mass is 19.4. The highest BCUT2D eigenvalue weighted by Gasteiger charge is 2.26. The van der Waals surface area contributed by atoms with Crippen LogP contribution in [0.2, 0.25) is 0 Å². The zero-order valence-electron chi connectivity index (χ0n) is 11.0. The Morgan fingerprint density at radius 3 is 2.55 bits per heavy atom. The molecule has 0 atom stereocenters. The average Bonchev–Trinajstić information content (AvgIpc) is 2.37. The quantitative estimate of drug-likeness (QED) is 0.284. The third kappa shape index (κ3) is 4.25. The Morgan fingerprint density at radius 2 is 2.00 bits per heavy atom. The molecule has 0 aliphatic carbocycles. The van der Waals surface area contributed by atoms with Crippen molar-refractivity contribution in [2.24, 2.45) is 10.9 Å². The predicted molar refractivity (Wildman–Crippen MR) is 64.8 cm³/mol. The van der Waals surface area contributed by atoms with Crippen LogP contribution in [-0.2, 0) is 0 Å². The van der Waals surface area contributed by atoms with E-state index in [1.165, 1.54) is 0 Å². The number of hydrogen-bond donors (Lipinski definition) is 2. The molecule has 0 radical (unpaired) electrons. The van der Waals surface area contributed by atoms with E-state index in [9.17, 15) is 13.2 Å². The van der Waals surface area contributed by atoms with E-state index in [-0.39, 0.29) is 30.3 Å². The van der Waals surface area contributed by atoms with Crippen LogP contribution >= 0.6 is 0 Å². The topological polar surface area (TPSA) is 93.6 Å². The fourth-order valence-corrected chi connectivity index (χ4v) is 1.48. The highest BCUT2D eigenvalue weighted by molar-refractivity contribution is 6.00. The average molecular weight is 292 g/mol. The summed E-state index contributed by atoms with van der Waals surface area (Å²) in [4.78, 5) is 0. The molecule has 1 rings (SSSR count). The van der Waals surface area contributed by atoms with Gasteiger partial charge in [0.1, 0.15) is 0 Å². The van der Waals surface area contributed by atoms with Gasteiger partial charge in [-0.25, -0.2) is 0 Å². The molecule has 1 aromatic heterocycles. The Balaban J connectivity index is 2.83. The van der Waals surface area contributed by atoms with Crippen LogP contribution in [-0.4, -0.2) is 34.0 Å². The van der Waals surface area contributed by atoms with Gasteiger partial charge < -0.3 is 15.7 Å². The van der Waals surface area contributed by atoms with E-state index in [2.05, 4.69) is 15.4 Å². The van der Waals surface area contributed by atoms with Crippen molar-refractivity contribution >= 4 is 5.84 Å². The van der Waals surface area contributed by atoms with Gasteiger partial charge in [-0.15, -0.1) is 5.10 Å². The second-order valence-corrected chi connectivity index (χ2v) is 4.14. The largest absolute Gasteiger partial charge is 0.476 e. The Bertz CT molecular complexity index is 503. The van der Waals surface area contributed by atoms with Crippen molar-refractivity contribution in [2.75, 3.05) is 6.61 Å². The summed E-state index contributed by atoms with van der Waals surface area (Å²) >= 11 is 0. The van der Waals surface area contributed by atoms with Crippen molar-refractivity contribution < 1.29 is 23.1 Å². The lowest BCUT2D eigenvalue weighted by molar-refractivity contribution is -0.136. The minimum absolute atomic E-state index is 0.0504. The number of aryl methyl sites for hydroxylation is 1. The maximum atomic E-state index is 12.0. The summed E-state index contributed by atoms with van der Waals surface area (Å²) in [5, 5.41) is 19.1. The van der Waals surface area contributed by atoms with Gasteiger partial charge in [0.15, 0.2) is 5.84 Å². The number of nitrogens with two attached hydrogens (primary N) is 1. The molecule has 0 fully saturated rings. The summed E-state index contributed by atoms with van der Waals surface area (Å²) < 4.78 is 41.2. The van der Waals surface area contributed by atoms with Crippen LogP contribution in [0.1, 0.15) is 29.7 Å². The lowest BCUT2D eigenvalue weighted by Crippen LogP contribution is -2.19. The molecule has 0 unspecified atom stereocenters. The van der Waals surface area contributed by atoms with Gasteiger partial charge in [-0.3, -0.25) is 0 Å². The Labute approximate surface area is 113 Å². The van der Waals surface area contributed by atoms with Crippen LogP contribution in [0.4, 0.5) is 13.2 Å². The van der Waals surface area contributed by atoms with Gasteiger partial charge in [-0.2, -0.15) is 18.3 Å². The third-order valence-electron chi connectivity index (χ3n) is 2.63. The number of alkyl halides is 3. The minimum Gasteiger partial charge on any atom is -0.476 e. The summed E-state index contributed by atoms with van der Waals surface area (Å²) in [5.74, 6) is -0.281. The number of ether oxygens (including phenoxy) is 1. The molecule has 0 aliphatic rings. The second kappa shape index (κ2) is 6.40. The summed E-state index contributed by atoms with van der Waals surface area (Å²) in [7, 11) is 0. The molecule has 0 spiro atoms. The number of aromatic nitrogens is 2. The number of oxime groups is 1. The lowest BCUT2D eigenvalue weighted by atomic mass is 10.1. The zero-order valence-corrected chi connectivity index (χ0v) is 11.0. The van der Waals surface area contributed by atoms with Crippen LogP contribution in [0.15, 0.2) is 5.16 Å². The maximum absolute atomic E-state index is 12.0. The summed E-state index contributed by atoms with van der Waals surface area (Å²) in [6, 6.07) is 0. The molecule has 0 aliphatic heterocycles. The molecule has 0 amide bonds. The van der Waals surface area contributed by atoms with Crippen molar-refractivity contribution in [2.45, 2.75) is 32.9 Å². The SMILES string of the molecule is Cc1nnc(OCCCC(F)(F)F)c(C(N)=NO)c1C. The molecule has 0 aromatic carbocycles. The monoisotopic (exact) mass is 292 g/mol. The summed E-state index contributed by atoms with van der Waals surface area (Å²) in [5.41, 5.74) is 6.87. The van der Waals surface area contributed by atoms with Crippen molar-refractivity contribution in [1.82, 2.24) is 10.2 Å². The van der Waals surface area contributed by atoms with E-state index < -0.39 is 12.6 Å². The van der Waals surface area contributed by atoms with Gasteiger partial charge in [0.05, 0.1) is 17.9 Å². The first-order valence-corrected chi connectivity index (χ1v) is 5.77. The number of amidine groups is 1. The van der Waals surface area contributed by atoms with Gasteiger partial charge in [-0.05, 0) is 25.8 Å². The van der Waals surface area contributed by atoms with Crippen molar-refractivity contribution in [3.8, 4) is 5.88 Å². The van der Waals surface area contributed by atoms with Crippen LogP contribution in [0.5, 0.6) is 5.88 Å². The van der Waals surface area contributed by atoms with Crippen LogP contribution in [0, 0.1) is 13.8 Å². The molecule has 1 aromatic rings. The zero-order chi connectivity index (χ0) is 15.3. The summed E-state index contributed by atoms with van der Waals surface area (Å²) in [6.07, 6.45) is -5.40. The normalized spacial score (nSPS) is 12.6. The number of halogens is 3.